The van der Waals surface area contributed by atoms with Gasteiger partial charge in [-0.2, -0.15) is 0 Å². The molecule has 0 radical (unpaired) electrons. The lowest BCUT2D eigenvalue weighted by Crippen LogP contribution is -2.38. The van der Waals surface area contributed by atoms with Crippen molar-refractivity contribution in [1.82, 2.24) is 14.9 Å². The number of rotatable bonds is 6. The van der Waals surface area contributed by atoms with Crippen LogP contribution >= 0.6 is 11.3 Å². The summed E-state index contributed by atoms with van der Waals surface area (Å²) >= 11 is 1.64. The summed E-state index contributed by atoms with van der Waals surface area (Å²) in [6, 6.07) is 2.10. The maximum atomic E-state index is 12.2. The molecule has 2 aromatic heterocycles. The minimum Gasteiger partial charge on any atom is -0.383 e. The van der Waals surface area contributed by atoms with Crippen molar-refractivity contribution in [2.75, 3.05) is 13.7 Å². The van der Waals surface area contributed by atoms with E-state index >= 15 is 0 Å². The predicted molar refractivity (Wildman–Crippen MR) is 89.2 cm³/mol. The third-order valence-corrected chi connectivity index (χ3v) is 4.37. The van der Waals surface area contributed by atoms with E-state index in [1.165, 1.54) is 0 Å². The number of thiazole rings is 1. The van der Waals surface area contributed by atoms with Crippen LogP contribution in [0.2, 0.25) is 0 Å². The molecule has 22 heavy (non-hydrogen) atoms. The van der Waals surface area contributed by atoms with Crippen molar-refractivity contribution in [3.63, 3.8) is 0 Å². The number of aromatic nitrogens is 2. The fourth-order valence-electron chi connectivity index (χ4n) is 2.55. The molecule has 5 nitrogen and oxygen atoms in total. The van der Waals surface area contributed by atoms with Gasteiger partial charge in [-0.1, -0.05) is 0 Å². The van der Waals surface area contributed by atoms with Crippen molar-refractivity contribution in [1.29, 1.82) is 0 Å². The predicted octanol–water partition coefficient (Wildman–Crippen LogP) is 2.69. The summed E-state index contributed by atoms with van der Waals surface area (Å²) in [6.07, 6.45) is 0. The first kappa shape index (κ1) is 16.7. The summed E-state index contributed by atoms with van der Waals surface area (Å²) in [5.41, 5.74) is 4.21. The lowest BCUT2D eigenvalue weighted by molar-refractivity contribution is -0.122. The zero-order valence-corrected chi connectivity index (χ0v) is 14.6. The largest absolute Gasteiger partial charge is 0.383 e. The van der Waals surface area contributed by atoms with Crippen LogP contribution in [0, 0.1) is 20.8 Å². The van der Waals surface area contributed by atoms with E-state index in [9.17, 15) is 4.79 Å². The van der Waals surface area contributed by atoms with Crippen LogP contribution in [0.25, 0.3) is 11.3 Å². The molecule has 1 amide bonds. The van der Waals surface area contributed by atoms with Crippen molar-refractivity contribution in [3.05, 3.63) is 27.8 Å². The van der Waals surface area contributed by atoms with Crippen LogP contribution in [-0.2, 0) is 16.1 Å². The highest BCUT2D eigenvalue weighted by molar-refractivity contribution is 7.09. The molecule has 0 saturated carbocycles. The first-order valence-corrected chi connectivity index (χ1v) is 8.18. The third kappa shape index (κ3) is 3.75. The Kier molecular flexibility index (Phi) is 5.37. The minimum atomic E-state index is -0.00708. The standard InChI is InChI=1S/C16H23N3O2S/c1-10(8-21-5)17-16(20)7-19-11(2)6-14(12(19)3)15-9-22-13(4)18-15/h6,9-10H,7-8H2,1-5H3,(H,17,20). The molecule has 1 unspecified atom stereocenters. The fourth-order valence-corrected chi connectivity index (χ4v) is 3.16. The third-order valence-electron chi connectivity index (χ3n) is 3.59. The average molecular weight is 321 g/mol. The Bertz CT molecular complexity index is 660. The van der Waals surface area contributed by atoms with Gasteiger partial charge in [-0.25, -0.2) is 4.98 Å². The first-order chi connectivity index (χ1) is 10.4. The van der Waals surface area contributed by atoms with E-state index in [1.54, 1.807) is 18.4 Å². The number of hydrogen-bond donors (Lipinski definition) is 1. The lowest BCUT2D eigenvalue weighted by Gasteiger charge is -2.15. The van der Waals surface area contributed by atoms with Gasteiger partial charge in [0.1, 0.15) is 6.54 Å². The Balaban J connectivity index is 2.15. The van der Waals surface area contributed by atoms with Crippen LogP contribution in [0.5, 0.6) is 0 Å². The molecule has 120 valence electrons. The minimum absolute atomic E-state index is 0.00708. The number of ether oxygens (including phenoxy) is 1. The van der Waals surface area contributed by atoms with E-state index in [1.807, 2.05) is 32.3 Å². The maximum Gasteiger partial charge on any atom is 0.240 e. The maximum absolute atomic E-state index is 12.2. The van der Waals surface area contributed by atoms with Gasteiger partial charge in [-0.05, 0) is 33.8 Å². The second-order valence-electron chi connectivity index (χ2n) is 5.55. The zero-order valence-electron chi connectivity index (χ0n) is 13.8. The van der Waals surface area contributed by atoms with E-state index in [0.29, 0.717) is 13.2 Å². The van der Waals surface area contributed by atoms with Gasteiger partial charge in [-0.3, -0.25) is 4.79 Å². The average Bonchev–Trinajstić information content (AvgIpc) is 2.97. The SMILES string of the molecule is COCC(C)NC(=O)Cn1c(C)cc(-c2csc(C)n2)c1C. The quantitative estimate of drug-likeness (QED) is 0.890. The molecule has 1 atom stereocenters. The van der Waals surface area contributed by atoms with Gasteiger partial charge in [0.05, 0.1) is 17.3 Å². The summed E-state index contributed by atoms with van der Waals surface area (Å²) in [5.74, 6) is -0.00708. The second-order valence-corrected chi connectivity index (χ2v) is 6.61. The van der Waals surface area contributed by atoms with E-state index in [4.69, 9.17) is 4.74 Å². The van der Waals surface area contributed by atoms with Gasteiger partial charge in [0.15, 0.2) is 0 Å². The van der Waals surface area contributed by atoms with Crippen LogP contribution in [0.3, 0.4) is 0 Å². The van der Waals surface area contributed by atoms with Crippen molar-refractivity contribution in [3.8, 4) is 11.3 Å². The monoisotopic (exact) mass is 321 g/mol. The zero-order chi connectivity index (χ0) is 16.3. The first-order valence-electron chi connectivity index (χ1n) is 7.30. The summed E-state index contributed by atoms with van der Waals surface area (Å²) in [5, 5.41) is 6.04. The summed E-state index contributed by atoms with van der Waals surface area (Å²) in [7, 11) is 1.63. The Morgan fingerprint density at radius 2 is 2.18 bits per heavy atom. The normalized spacial score (nSPS) is 12.4. The molecular formula is C16H23N3O2S. The van der Waals surface area contributed by atoms with Crippen LogP contribution in [-0.4, -0.2) is 35.2 Å². The highest BCUT2D eigenvalue weighted by Gasteiger charge is 2.16. The van der Waals surface area contributed by atoms with Gasteiger partial charge >= 0.3 is 0 Å². The molecule has 2 rings (SSSR count). The fraction of sp³-hybridized carbons (Fsp3) is 0.500. The van der Waals surface area contributed by atoms with E-state index in [-0.39, 0.29) is 11.9 Å². The Morgan fingerprint density at radius 3 is 2.77 bits per heavy atom. The van der Waals surface area contributed by atoms with Gasteiger partial charge in [0, 0.05) is 35.5 Å². The number of methoxy groups -OCH3 is 1. The Hall–Kier alpha value is -1.66. The molecule has 0 aliphatic rings. The van der Waals surface area contributed by atoms with Crippen molar-refractivity contribution >= 4 is 17.2 Å². The van der Waals surface area contributed by atoms with E-state index < -0.39 is 0 Å². The Labute approximate surface area is 135 Å². The van der Waals surface area contributed by atoms with Crippen LogP contribution < -0.4 is 5.32 Å². The van der Waals surface area contributed by atoms with E-state index in [0.717, 1.165) is 27.7 Å². The van der Waals surface area contributed by atoms with Gasteiger partial charge in [-0.15, -0.1) is 11.3 Å². The van der Waals surface area contributed by atoms with E-state index in [2.05, 4.69) is 21.7 Å². The molecule has 0 fully saturated rings. The van der Waals surface area contributed by atoms with Gasteiger partial charge in [0.2, 0.25) is 5.91 Å². The molecule has 0 aliphatic carbocycles. The van der Waals surface area contributed by atoms with Crippen molar-refractivity contribution in [2.24, 2.45) is 0 Å². The Morgan fingerprint density at radius 1 is 1.45 bits per heavy atom. The highest BCUT2D eigenvalue weighted by Crippen LogP contribution is 2.27. The lowest BCUT2D eigenvalue weighted by atomic mass is 10.2. The van der Waals surface area contributed by atoms with Crippen molar-refractivity contribution in [2.45, 2.75) is 40.3 Å². The number of amides is 1. The molecule has 0 aliphatic heterocycles. The highest BCUT2D eigenvalue weighted by atomic mass is 32.1. The van der Waals surface area contributed by atoms with Gasteiger partial charge in [0.25, 0.3) is 0 Å². The summed E-state index contributed by atoms with van der Waals surface area (Å²) in [6.45, 7) is 8.80. The molecule has 0 saturated heterocycles. The molecule has 0 aromatic carbocycles. The number of carbonyl (C=O) groups excluding carboxylic acids is 1. The second kappa shape index (κ2) is 7.07. The van der Waals surface area contributed by atoms with Gasteiger partial charge < -0.3 is 14.6 Å². The molecule has 0 spiro atoms. The van der Waals surface area contributed by atoms with Crippen LogP contribution in [0.4, 0.5) is 0 Å². The van der Waals surface area contributed by atoms with Crippen LogP contribution in [0.1, 0.15) is 23.3 Å². The summed E-state index contributed by atoms with van der Waals surface area (Å²) < 4.78 is 7.06. The molecular weight excluding hydrogens is 298 g/mol. The number of nitrogens with one attached hydrogen (secondary N) is 1. The van der Waals surface area contributed by atoms with Crippen molar-refractivity contribution < 1.29 is 9.53 Å². The number of nitrogens with zero attached hydrogens (tertiary/aromatic N) is 2. The topological polar surface area (TPSA) is 56.1 Å². The molecule has 6 heteroatoms. The smallest absolute Gasteiger partial charge is 0.240 e. The summed E-state index contributed by atoms with van der Waals surface area (Å²) in [4.78, 5) is 16.7. The molecule has 2 heterocycles. The molecule has 2 aromatic rings. The molecule has 0 bridgehead atoms. The number of aryl methyl sites for hydroxylation is 2. The number of hydrogen-bond acceptors (Lipinski definition) is 4. The number of carbonyl (C=O) groups is 1. The molecule has 1 N–H and O–H groups in total. The van der Waals surface area contributed by atoms with Crippen LogP contribution in [0.15, 0.2) is 11.4 Å².